The Morgan fingerprint density at radius 3 is 2.42 bits per heavy atom. The summed E-state index contributed by atoms with van der Waals surface area (Å²) in [6.45, 7) is 8.51. The van der Waals surface area contributed by atoms with Crippen molar-refractivity contribution in [3.05, 3.63) is 17.6 Å². The largest absolute Gasteiger partial charge is 0.465 e. The third kappa shape index (κ3) is 6.40. The van der Waals surface area contributed by atoms with E-state index in [9.17, 15) is 14.4 Å². The minimum Gasteiger partial charge on any atom is -0.465 e. The van der Waals surface area contributed by atoms with Gasteiger partial charge in [0.2, 0.25) is 5.95 Å². The second-order valence-corrected chi connectivity index (χ2v) is 7.76. The molecule has 3 amide bonds. The van der Waals surface area contributed by atoms with Crippen LogP contribution < -0.4 is 16.0 Å². The number of amides is 3. The molecule has 1 saturated heterocycles. The first kappa shape index (κ1) is 23.6. The molecule has 0 saturated carbocycles. The number of nitrogens with one attached hydrogen (secondary N) is 1. The number of carbonyl (C=O) groups excluding carboxylic acids is 2. The van der Waals surface area contributed by atoms with Crippen molar-refractivity contribution >= 4 is 30.1 Å². The lowest BCUT2D eigenvalue weighted by molar-refractivity contribution is 0.0552. The highest BCUT2D eigenvalue weighted by molar-refractivity contribution is 5.95. The first-order valence-corrected chi connectivity index (χ1v) is 9.72. The normalized spacial score (nSPS) is 14.2. The molecule has 11 heteroatoms. The fourth-order valence-electron chi connectivity index (χ4n) is 2.98. The standard InChI is InChI=1S/C20H28N6O5/c1-5-6-9-26-15(16(21)27)14(7-8-22-18(28)31-20(2,3)4)23-17(26)24-10-12-25(13-11-24)19(29)30/h7-8H,9-13H2,1-4H3,(H2,21,27)(H,22,28)(H,29,30). The molecule has 1 aromatic rings. The number of alkyl carbamates (subject to hydrolysis) is 1. The van der Waals surface area contributed by atoms with Crippen LogP contribution in [-0.2, 0) is 11.3 Å². The number of piperazine rings is 1. The molecule has 2 heterocycles. The molecular weight excluding hydrogens is 404 g/mol. The van der Waals surface area contributed by atoms with Crippen molar-refractivity contribution < 1.29 is 24.2 Å². The molecule has 1 aliphatic rings. The monoisotopic (exact) mass is 432 g/mol. The Morgan fingerprint density at radius 2 is 1.90 bits per heavy atom. The summed E-state index contributed by atoms with van der Waals surface area (Å²) in [5.74, 6) is 5.44. The van der Waals surface area contributed by atoms with Crippen molar-refractivity contribution in [1.29, 1.82) is 0 Å². The summed E-state index contributed by atoms with van der Waals surface area (Å²) in [7, 11) is 0. The van der Waals surface area contributed by atoms with Crippen LogP contribution in [0.3, 0.4) is 0 Å². The zero-order valence-electron chi connectivity index (χ0n) is 18.1. The third-order valence-corrected chi connectivity index (χ3v) is 4.30. The van der Waals surface area contributed by atoms with E-state index >= 15 is 0 Å². The van der Waals surface area contributed by atoms with Crippen LogP contribution in [0.5, 0.6) is 0 Å². The van der Waals surface area contributed by atoms with Gasteiger partial charge in [-0.1, -0.05) is 5.92 Å². The number of carbonyl (C=O) groups is 3. The SMILES string of the molecule is CC#CCn1c(N2CCN(C(=O)O)CC2)nc(C=CNC(=O)OC(C)(C)C)c1C(N)=O. The van der Waals surface area contributed by atoms with Crippen LogP contribution in [0.25, 0.3) is 6.08 Å². The van der Waals surface area contributed by atoms with Gasteiger partial charge in [0.05, 0.1) is 12.2 Å². The number of rotatable bonds is 5. The van der Waals surface area contributed by atoms with Gasteiger partial charge in [0.15, 0.2) is 0 Å². The van der Waals surface area contributed by atoms with Crippen molar-refractivity contribution in [2.45, 2.75) is 39.8 Å². The smallest absolute Gasteiger partial charge is 0.411 e. The van der Waals surface area contributed by atoms with Crippen molar-refractivity contribution in [3.8, 4) is 11.8 Å². The molecule has 0 atom stereocenters. The molecule has 0 bridgehead atoms. The van der Waals surface area contributed by atoms with Crippen LogP contribution in [0.2, 0.25) is 0 Å². The first-order chi connectivity index (χ1) is 14.5. The lowest BCUT2D eigenvalue weighted by Gasteiger charge is -2.33. The van der Waals surface area contributed by atoms with Crippen LogP contribution in [0.1, 0.15) is 43.9 Å². The average Bonchev–Trinajstić information content (AvgIpc) is 3.03. The Bertz CT molecular complexity index is 926. The van der Waals surface area contributed by atoms with Crippen molar-refractivity contribution in [2.75, 3.05) is 31.1 Å². The Labute approximate surface area is 180 Å². The number of nitrogens with two attached hydrogens (primary N) is 1. The maximum Gasteiger partial charge on any atom is 0.411 e. The summed E-state index contributed by atoms with van der Waals surface area (Å²) in [5, 5.41) is 11.6. The second-order valence-electron chi connectivity index (χ2n) is 7.76. The van der Waals surface area contributed by atoms with Gasteiger partial charge in [-0.3, -0.25) is 14.7 Å². The third-order valence-electron chi connectivity index (χ3n) is 4.30. The van der Waals surface area contributed by atoms with Crippen LogP contribution in [0.15, 0.2) is 6.20 Å². The molecule has 0 aromatic carbocycles. The van der Waals surface area contributed by atoms with E-state index in [2.05, 4.69) is 22.1 Å². The zero-order valence-corrected chi connectivity index (χ0v) is 18.1. The van der Waals surface area contributed by atoms with Gasteiger partial charge in [-0.25, -0.2) is 14.6 Å². The van der Waals surface area contributed by atoms with Gasteiger partial charge < -0.3 is 25.4 Å². The lowest BCUT2D eigenvalue weighted by Crippen LogP contribution is -2.49. The van der Waals surface area contributed by atoms with E-state index in [0.717, 1.165) is 0 Å². The predicted octanol–water partition coefficient (Wildman–Crippen LogP) is 1.30. The maximum atomic E-state index is 12.2. The second kappa shape index (κ2) is 9.88. The Morgan fingerprint density at radius 1 is 1.26 bits per heavy atom. The summed E-state index contributed by atoms with van der Waals surface area (Å²) in [4.78, 5) is 42.9. The molecule has 1 aliphatic heterocycles. The van der Waals surface area contributed by atoms with E-state index in [-0.39, 0.29) is 17.9 Å². The highest BCUT2D eigenvalue weighted by Gasteiger charge is 2.27. The van der Waals surface area contributed by atoms with Gasteiger partial charge in [-0.15, -0.1) is 5.92 Å². The van der Waals surface area contributed by atoms with Gasteiger partial charge in [-0.05, 0) is 33.8 Å². The van der Waals surface area contributed by atoms with Crippen LogP contribution in [0, 0.1) is 11.8 Å². The van der Waals surface area contributed by atoms with Gasteiger partial charge in [-0.2, -0.15) is 0 Å². The predicted molar refractivity (Wildman–Crippen MR) is 114 cm³/mol. The number of ether oxygens (including phenoxy) is 1. The van der Waals surface area contributed by atoms with Gasteiger partial charge >= 0.3 is 12.2 Å². The van der Waals surface area contributed by atoms with Crippen LogP contribution >= 0.6 is 0 Å². The topological polar surface area (TPSA) is 143 Å². The van der Waals surface area contributed by atoms with Gasteiger partial charge in [0.1, 0.15) is 11.3 Å². The summed E-state index contributed by atoms with van der Waals surface area (Å²) in [6, 6.07) is 0. The molecule has 1 aromatic heterocycles. The van der Waals surface area contributed by atoms with E-state index in [1.165, 1.54) is 17.2 Å². The van der Waals surface area contributed by atoms with E-state index in [4.69, 9.17) is 15.6 Å². The molecule has 2 rings (SSSR count). The van der Waals surface area contributed by atoms with Crippen molar-refractivity contribution in [3.63, 3.8) is 0 Å². The molecule has 4 N–H and O–H groups in total. The number of aromatic nitrogens is 2. The number of carboxylic acid groups (broad SMARTS) is 1. The molecular formula is C20H28N6O5. The molecule has 0 aliphatic carbocycles. The lowest BCUT2D eigenvalue weighted by atomic mass is 10.2. The summed E-state index contributed by atoms with van der Waals surface area (Å²) < 4.78 is 6.76. The number of primary amides is 1. The molecule has 168 valence electrons. The van der Waals surface area contributed by atoms with E-state index < -0.39 is 23.7 Å². The molecule has 0 radical (unpaired) electrons. The molecule has 31 heavy (non-hydrogen) atoms. The van der Waals surface area contributed by atoms with Crippen LogP contribution in [0.4, 0.5) is 15.5 Å². The molecule has 0 unspecified atom stereocenters. The summed E-state index contributed by atoms with van der Waals surface area (Å²) in [5.41, 5.74) is 5.36. The quantitative estimate of drug-likeness (QED) is 0.595. The molecule has 11 nitrogen and oxygen atoms in total. The fraction of sp³-hybridized carbons (Fsp3) is 0.500. The Kier molecular flexibility index (Phi) is 7.52. The van der Waals surface area contributed by atoms with Crippen LogP contribution in [-0.4, -0.2) is 69.4 Å². The molecule has 0 spiro atoms. The maximum absolute atomic E-state index is 12.2. The molecule has 1 fully saturated rings. The number of hydrogen-bond donors (Lipinski definition) is 3. The number of hydrogen-bond acceptors (Lipinski definition) is 6. The Hall–Kier alpha value is -3.68. The summed E-state index contributed by atoms with van der Waals surface area (Å²) >= 11 is 0. The minimum atomic E-state index is -0.977. The fourth-order valence-corrected chi connectivity index (χ4v) is 2.98. The minimum absolute atomic E-state index is 0.139. The number of nitrogens with zero attached hydrogens (tertiary/aromatic N) is 4. The first-order valence-electron chi connectivity index (χ1n) is 9.72. The van der Waals surface area contributed by atoms with E-state index in [1.54, 1.807) is 32.3 Å². The van der Waals surface area contributed by atoms with E-state index in [0.29, 0.717) is 32.1 Å². The Balaban J connectivity index is 2.32. The number of imidazole rings is 1. The highest BCUT2D eigenvalue weighted by Crippen LogP contribution is 2.22. The van der Waals surface area contributed by atoms with Gasteiger partial charge in [0.25, 0.3) is 5.91 Å². The van der Waals surface area contributed by atoms with Gasteiger partial charge in [0, 0.05) is 32.4 Å². The summed E-state index contributed by atoms with van der Waals surface area (Å²) in [6.07, 6.45) is 1.15. The average molecular weight is 432 g/mol. The van der Waals surface area contributed by atoms with Crippen molar-refractivity contribution in [2.24, 2.45) is 5.73 Å². The zero-order chi connectivity index (χ0) is 23.2. The van der Waals surface area contributed by atoms with E-state index in [1.807, 2.05) is 4.90 Å². The number of anilines is 1. The van der Waals surface area contributed by atoms with Crippen molar-refractivity contribution in [1.82, 2.24) is 19.8 Å². The highest BCUT2D eigenvalue weighted by atomic mass is 16.6.